The smallest absolute Gasteiger partial charge is 0.225 e. The minimum Gasteiger partial charge on any atom is -0.349 e. The van der Waals surface area contributed by atoms with Gasteiger partial charge in [-0.1, -0.05) is 0 Å². The molecule has 2 unspecified atom stereocenters. The Kier molecular flexibility index (Phi) is 3.09. The molecule has 3 nitrogen and oxygen atoms in total. The number of amides is 1. The van der Waals surface area contributed by atoms with Crippen molar-refractivity contribution in [1.29, 1.82) is 0 Å². The molecule has 0 aliphatic heterocycles. The molecule has 1 amide bonds. The maximum atomic E-state index is 11.5. The Labute approximate surface area is 73.9 Å². The molecule has 0 saturated heterocycles. The predicted molar refractivity (Wildman–Crippen MR) is 48.6 cm³/mol. The maximum Gasteiger partial charge on any atom is 0.225 e. The fourth-order valence-electron chi connectivity index (χ4n) is 1.88. The lowest BCUT2D eigenvalue weighted by atomic mass is 10.0. The van der Waals surface area contributed by atoms with E-state index in [2.05, 4.69) is 0 Å². The summed E-state index contributed by atoms with van der Waals surface area (Å²) in [6.07, 6.45) is 3.15. The summed E-state index contributed by atoms with van der Waals surface area (Å²) in [4.78, 5) is 13.2. The quantitative estimate of drug-likeness (QED) is 0.654. The third kappa shape index (κ3) is 1.97. The van der Waals surface area contributed by atoms with Crippen LogP contribution in [0.5, 0.6) is 0 Å². The number of nitrogens with two attached hydrogens (primary N) is 1. The molecular weight excluding hydrogens is 152 g/mol. The minimum atomic E-state index is 0.244. The van der Waals surface area contributed by atoms with E-state index in [1.165, 1.54) is 0 Å². The molecule has 0 spiro atoms. The van der Waals surface area contributed by atoms with Gasteiger partial charge >= 0.3 is 0 Å². The van der Waals surface area contributed by atoms with Gasteiger partial charge in [0.2, 0.25) is 5.91 Å². The molecule has 0 heterocycles. The van der Waals surface area contributed by atoms with Gasteiger partial charge in [-0.25, -0.2) is 0 Å². The molecule has 2 N–H and O–H groups in total. The zero-order chi connectivity index (χ0) is 9.14. The number of hydrogen-bond donors (Lipinski definition) is 1. The van der Waals surface area contributed by atoms with Gasteiger partial charge in [-0.3, -0.25) is 4.79 Å². The van der Waals surface area contributed by atoms with Gasteiger partial charge in [-0.15, -0.1) is 0 Å². The van der Waals surface area contributed by atoms with Crippen LogP contribution < -0.4 is 5.73 Å². The molecule has 0 aromatic rings. The first-order valence-electron chi connectivity index (χ1n) is 4.56. The summed E-state index contributed by atoms with van der Waals surface area (Å²) in [6.45, 7) is 0.733. The van der Waals surface area contributed by atoms with Gasteiger partial charge < -0.3 is 10.6 Å². The van der Waals surface area contributed by atoms with Crippen molar-refractivity contribution in [2.24, 2.45) is 17.6 Å². The second kappa shape index (κ2) is 3.90. The zero-order valence-corrected chi connectivity index (χ0v) is 7.92. The van der Waals surface area contributed by atoms with E-state index < -0.39 is 0 Å². The van der Waals surface area contributed by atoms with Gasteiger partial charge in [0.25, 0.3) is 0 Å². The topological polar surface area (TPSA) is 46.3 Å². The molecule has 1 fully saturated rings. The first-order valence-corrected chi connectivity index (χ1v) is 4.56. The number of hydrogen-bond acceptors (Lipinski definition) is 2. The predicted octanol–water partition coefficient (Wildman–Crippen LogP) is 0.450. The summed E-state index contributed by atoms with van der Waals surface area (Å²) >= 11 is 0. The van der Waals surface area contributed by atoms with Crippen molar-refractivity contribution >= 4 is 5.91 Å². The van der Waals surface area contributed by atoms with Crippen LogP contribution in [0, 0.1) is 11.8 Å². The lowest BCUT2D eigenvalue weighted by Gasteiger charge is -2.15. The van der Waals surface area contributed by atoms with Crippen molar-refractivity contribution in [3.8, 4) is 0 Å². The first kappa shape index (κ1) is 9.52. The van der Waals surface area contributed by atoms with Crippen LogP contribution in [0.2, 0.25) is 0 Å². The fraction of sp³-hybridized carbons (Fsp3) is 0.889. The second-order valence-corrected chi connectivity index (χ2v) is 3.84. The monoisotopic (exact) mass is 170 g/mol. The van der Waals surface area contributed by atoms with Crippen LogP contribution in [0.1, 0.15) is 19.3 Å². The molecular formula is C9H18N2O. The molecule has 2 atom stereocenters. The van der Waals surface area contributed by atoms with Crippen molar-refractivity contribution in [3.63, 3.8) is 0 Å². The number of nitrogens with zero attached hydrogens (tertiary/aromatic N) is 1. The summed E-state index contributed by atoms with van der Waals surface area (Å²) in [5, 5.41) is 0. The molecule has 1 saturated carbocycles. The van der Waals surface area contributed by atoms with Crippen LogP contribution >= 0.6 is 0 Å². The van der Waals surface area contributed by atoms with Crippen molar-refractivity contribution in [2.45, 2.75) is 19.3 Å². The molecule has 12 heavy (non-hydrogen) atoms. The third-order valence-electron chi connectivity index (χ3n) is 2.66. The fourth-order valence-corrected chi connectivity index (χ4v) is 1.88. The Bertz CT molecular complexity index is 168. The van der Waals surface area contributed by atoms with Gasteiger partial charge in [0, 0.05) is 20.0 Å². The summed E-state index contributed by atoms with van der Waals surface area (Å²) in [5.41, 5.74) is 5.55. The molecule has 0 bridgehead atoms. The van der Waals surface area contributed by atoms with Gasteiger partial charge in [-0.2, -0.15) is 0 Å². The van der Waals surface area contributed by atoms with E-state index in [0.29, 0.717) is 5.92 Å². The lowest BCUT2D eigenvalue weighted by Crippen LogP contribution is -2.28. The Morgan fingerprint density at radius 1 is 1.50 bits per heavy atom. The zero-order valence-electron chi connectivity index (χ0n) is 7.92. The van der Waals surface area contributed by atoms with Crippen LogP contribution in [-0.2, 0) is 4.79 Å². The third-order valence-corrected chi connectivity index (χ3v) is 2.66. The van der Waals surface area contributed by atoms with Crippen LogP contribution in [0.3, 0.4) is 0 Å². The molecule has 70 valence electrons. The van der Waals surface area contributed by atoms with Crippen LogP contribution in [-0.4, -0.2) is 31.4 Å². The van der Waals surface area contributed by atoms with Gasteiger partial charge in [0.05, 0.1) is 0 Å². The van der Waals surface area contributed by atoms with Crippen molar-refractivity contribution in [3.05, 3.63) is 0 Å². The van der Waals surface area contributed by atoms with Gasteiger partial charge in [0.15, 0.2) is 0 Å². The highest BCUT2D eigenvalue weighted by molar-refractivity contribution is 5.78. The molecule has 3 heteroatoms. The summed E-state index contributed by atoms with van der Waals surface area (Å²) in [6, 6.07) is 0. The second-order valence-electron chi connectivity index (χ2n) is 3.84. The molecule has 1 rings (SSSR count). The molecule has 1 aliphatic rings. The van der Waals surface area contributed by atoms with Crippen LogP contribution in [0.25, 0.3) is 0 Å². The number of carbonyl (C=O) groups excluding carboxylic acids is 1. The average Bonchev–Trinajstić information content (AvgIpc) is 2.50. The highest BCUT2D eigenvalue weighted by Crippen LogP contribution is 2.30. The SMILES string of the molecule is CN(C)C(=O)C1CCC(CN)C1. The largest absolute Gasteiger partial charge is 0.349 e. The molecule has 0 aromatic carbocycles. The van der Waals surface area contributed by atoms with E-state index in [1.807, 2.05) is 14.1 Å². The molecule has 0 radical (unpaired) electrons. The van der Waals surface area contributed by atoms with E-state index in [0.717, 1.165) is 25.8 Å². The van der Waals surface area contributed by atoms with Gasteiger partial charge in [0.1, 0.15) is 0 Å². The first-order chi connectivity index (χ1) is 5.65. The van der Waals surface area contributed by atoms with Crippen LogP contribution in [0.15, 0.2) is 0 Å². The van der Waals surface area contributed by atoms with E-state index in [-0.39, 0.29) is 11.8 Å². The number of rotatable bonds is 2. The standard InChI is InChI=1S/C9H18N2O/c1-11(2)9(12)8-4-3-7(5-8)6-10/h7-8H,3-6,10H2,1-2H3. The van der Waals surface area contributed by atoms with Crippen molar-refractivity contribution < 1.29 is 4.79 Å². The van der Waals surface area contributed by atoms with E-state index in [1.54, 1.807) is 4.90 Å². The summed E-state index contributed by atoms with van der Waals surface area (Å²) in [7, 11) is 3.64. The normalized spacial score (nSPS) is 28.9. The Balaban J connectivity index is 2.41. The highest BCUT2D eigenvalue weighted by Gasteiger charge is 2.29. The van der Waals surface area contributed by atoms with Crippen molar-refractivity contribution in [1.82, 2.24) is 4.90 Å². The van der Waals surface area contributed by atoms with E-state index in [4.69, 9.17) is 5.73 Å². The Hall–Kier alpha value is -0.570. The van der Waals surface area contributed by atoms with E-state index >= 15 is 0 Å². The highest BCUT2D eigenvalue weighted by atomic mass is 16.2. The van der Waals surface area contributed by atoms with Crippen LogP contribution in [0.4, 0.5) is 0 Å². The minimum absolute atomic E-state index is 0.244. The molecule has 1 aliphatic carbocycles. The van der Waals surface area contributed by atoms with E-state index in [9.17, 15) is 4.79 Å². The van der Waals surface area contributed by atoms with Crippen molar-refractivity contribution in [2.75, 3.05) is 20.6 Å². The van der Waals surface area contributed by atoms with Gasteiger partial charge in [-0.05, 0) is 31.7 Å². The molecule has 0 aromatic heterocycles. The number of carbonyl (C=O) groups is 1. The maximum absolute atomic E-state index is 11.5. The average molecular weight is 170 g/mol. The summed E-state index contributed by atoms with van der Waals surface area (Å²) in [5.74, 6) is 1.10. The Morgan fingerprint density at radius 2 is 2.17 bits per heavy atom. The summed E-state index contributed by atoms with van der Waals surface area (Å²) < 4.78 is 0. The Morgan fingerprint density at radius 3 is 2.58 bits per heavy atom. The lowest BCUT2D eigenvalue weighted by molar-refractivity contribution is -0.132.